The largest absolute Gasteiger partial charge is 0.461 e. The second-order valence-corrected chi connectivity index (χ2v) is 5.58. The van der Waals surface area contributed by atoms with Crippen LogP contribution in [-0.4, -0.2) is 36.5 Å². The van der Waals surface area contributed by atoms with Crippen LogP contribution in [0.2, 0.25) is 0 Å². The molecule has 2 rings (SSSR count). The number of thioether (sulfide) groups is 1. The summed E-state index contributed by atoms with van der Waals surface area (Å²) in [6.45, 7) is -0.266. The lowest BCUT2D eigenvalue weighted by atomic mass is 10.1. The van der Waals surface area contributed by atoms with Gasteiger partial charge in [-0.25, -0.2) is 0 Å². The van der Waals surface area contributed by atoms with E-state index in [9.17, 15) is 18.0 Å². The molecule has 0 spiro atoms. The van der Waals surface area contributed by atoms with E-state index in [2.05, 4.69) is 5.32 Å². The lowest BCUT2D eigenvalue weighted by molar-refractivity contribution is -0.258. The van der Waals surface area contributed by atoms with Crippen LogP contribution in [0.15, 0.2) is 30.3 Å². The predicted octanol–water partition coefficient (Wildman–Crippen LogP) is 2.15. The fourth-order valence-electron chi connectivity index (χ4n) is 2.12. The first-order valence-corrected chi connectivity index (χ1v) is 6.53. The van der Waals surface area contributed by atoms with E-state index in [1.807, 2.05) is 0 Å². The first-order chi connectivity index (χ1) is 8.94. The zero-order chi connectivity index (χ0) is 14.1. The van der Waals surface area contributed by atoms with Gasteiger partial charge in [-0.15, -0.1) is 11.8 Å². The molecular weight excluding hydrogens is 277 g/mol. The lowest BCUT2D eigenvalue weighted by Crippen LogP contribution is -2.49. The molecule has 19 heavy (non-hydrogen) atoms. The Bertz CT molecular complexity index is 454. The third-order valence-corrected chi connectivity index (χ3v) is 4.63. The van der Waals surface area contributed by atoms with Crippen molar-refractivity contribution in [3.8, 4) is 0 Å². The van der Waals surface area contributed by atoms with E-state index < -0.39 is 16.5 Å². The highest BCUT2D eigenvalue weighted by Gasteiger charge is 2.58. The Morgan fingerprint density at radius 3 is 2.53 bits per heavy atom. The van der Waals surface area contributed by atoms with Gasteiger partial charge in [0, 0.05) is 6.54 Å². The topological polar surface area (TPSA) is 32.3 Å². The molecule has 0 amide bonds. The molecule has 1 aromatic rings. The summed E-state index contributed by atoms with van der Waals surface area (Å²) in [7, 11) is 1.58. The molecule has 7 heteroatoms. The molecule has 0 aliphatic carbocycles. The molecular formula is C12H13F3N2OS. The number of halogens is 3. The summed E-state index contributed by atoms with van der Waals surface area (Å²) in [5.74, 6) is 0. The van der Waals surface area contributed by atoms with E-state index in [1.54, 1.807) is 25.2 Å². The molecule has 1 N–H and O–H groups in total. The molecule has 104 valence electrons. The van der Waals surface area contributed by atoms with Gasteiger partial charge in [0.15, 0.2) is 11.2 Å². The molecule has 1 aliphatic heterocycles. The number of likely N-dealkylation sites (N-methyl/N-ethyl adjacent to an activating group) is 1. The van der Waals surface area contributed by atoms with Crippen LogP contribution in [0.5, 0.6) is 0 Å². The van der Waals surface area contributed by atoms with Crippen LogP contribution in [0.25, 0.3) is 0 Å². The summed E-state index contributed by atoms with van der Waals surface area (Å²) in [5.41, 5.74) is 0.338. The second-order valence-electron chi connectivity index (χ2n) is 4.15. The number of alkyl halides is 3. The van der Waals surface area contributed by atoms with Gasteiger partial charge in [0.05, 0.1) is 5.37 Å². The number of nitrogens with one attached hydrogen (secondary N) is 1. The summed E-state index contributed by atoms with van der Waals surface area (Å²) in [6, 6.07) is 8.04. The van der Waals surface area contributed by atoms with Crippen molar-refractivity contribution in [3.63, 3.8) is 0 Å². The van der Waals surface area contributed by atoms with Crippen LogP contribution in [0.4, 0.5) is 13.2 Å². The Labute approximate surface area is 113 Å². The quantitative estimate of drug-likeness (QED) is 0.683. The number of rotatable bonds is 3. The molecule has 1 aliphatic rings. The normalized spacial score (nSPS) is 28.5. The number of hydrogen-bond acceptors (Lipinski definition) is 4. The van der Waals surface area contributed by atoms with Crippen LogP contribution < -0.4 is 5.32 Å². The fourth-order valence-corrected chi connectivity index (χ4v) is 3.53. The molecule has 0 saturated carbocycles. The van der Waals surface area contributed by atoms with Crippen molar-refractivity contribution < 1.29 is 18.0 Å². The zero-order valence-electron chi connectivity index (χ0n) is 10.1. The number of hydrogen-bond donors (Lipinski definition) is 1. The maximum Gasteiger partial charge on any atom is 0.461 e. The molecule has 1 fully saturated rings. The van der Waals surface area contributed by atoms with Crippen molar-refractivity contribution in [2.45, 2.75) is 16.5 Å². The Balaban J connectivity index is 2.49. The van der Waals surface area contributed by atoms with Crippen LogP contribution in [0.1, 0.15) is 5.56 Å². The summed E-state index contributed by atoms with van der Waals surface area (Å²) < 4.78 is 39.5. The Morgan fingerprint density at radius 2 is 2.05 bits per heavy atom. The van der Waals surface area contributed by atoms with Gasteiger partial charge >= 0.3 is 6.30 Å². The molecule has 1 saturated heterocycles. The van der Waals surface area contributed by atoms with E-state index in [0.29, 0.717) is 11.8 Å². The van der Waals surface area contributed by atoms with Crippen LogP contribution in [0.3, 0.4) is 0 Å². The monoisotopic (exact) mass is 290 g/mol. The zero-order valence-corrected chi connectivity index (χ0v) is 11.0. The van der Waals surface area contributed by atoms with Crippen LogP contribution in [-0.2, 0) is 9.67 Å². The third-order valence-electron chi connectivity index (χ3n) is 3.05. The number of carbonyl (C=O) groups excluding carboxylic acids is 1. The minimum atomic E-state index is -4.56. The summed E-state index contributed by atoms with van der Waals surface area (Å²) in [5, 5.41) is 2.34. The van der Waals surface area contributed by atoms with E-state index in [4.69, 9.17) is 0 Å². The van der Waals surface area contributed by atoms with E-state index in [-0.39, 0.29) is 11.4 Å². The number of carbonyl (C=O) groups is 1. The van der Waals surface area contributed by atoms with E-state index in [1.165, 1.54) is 12.1 Å². The van der Waals surface area contributed by atoms with Gasteiger partial charge in [0.2, 0.25) is 0 Å². The number of aldehydes is 1. The Morgan fingerprint density at radius 1 is 1.42 bits per heavy atom. The van der Waals surface area contributed by atoms with Crippen LogP contribution in [0, 0.1) is 0 Å². The Hall–Kier alpha value is -1.05. The first-order valence-electron chi connectivity index (χ1n) is 5.65. The molecule has 0 aromatic heterocycles. The van der Waals surface area contributed by atoms with Crippen molar-refractivity contribution in [2.75, 3.05) is 13.6 Å². The van der Waals surface area contributed by atoms with Gasteiger partial charge in [-0.1, -0.05) is 30.3 Å². The molecule has 2 unspecified atom stereocenters. The highest BCUT2D eigenvalue weighted by atomic mass is 32.2. The molecule has 2 atom stereocenters. The minimum absolute atomic E-state index is 0.266. The van der Waals surface area contributed by atoms with Crippen molar-refractivity contribution in [1.82, 2.24) is 10.2 Å². The molecule has 0 radical (unpaired) electrons. The highest BCUT2D eigenvalue weighted by molar-refractivity contribution is 8.01. The number of nitrogens with zero attached hydrogens (tertiary/aromatic N) is 1. The maximum atomic E-state index is 13.2. The van der Waals surface area contributed by atoms with Gasteiger partial charge < -0.3 is 5.32 Å². The molecule has 3 nitrogen and oxygen atoms in total. The Kier molecular flexibility index (Phi) is 3.89. The van der Waals surface area contributed by atoms with Crippen LogP contribution >= 0.6 is 11.8 Å². The van der Waals surface area contributed by atoms with Gasteiger partial charge in [-0.2, -0.15) is 18.1 Å². The summed E-state index contributed by atoms with van der Waals surface area (Å²) >= 11 is 0.973. The second kappa shape index (κ2) is 5.15. The standard InChI is InChI=1S/C12H13F3N2OS/c1-16-10-7-17(12(13,14)15)11(8-18,19-10)9-5-3-2-4-6-9/h2-6,8,10,16H,7H2,1H3. The van der Waals surface area contributed by atoms with Gasteiger partial charge in [-0.3, -0.25) is 4.79 Å². The fraction of sp³-hybridized carbons (Fsp3) is 0.417. The maximum absolute atomic E-state index is 13.2. The number of benzene rings is 1. The van der Waals surface area contributed by atoms with Crippen molar-refractivity contribution in [2.24, 2.45) is 0 Å². The molecule has 1 aromatic carbocycles. The van der Waals surface area contributed by atoms with Gasteiger partial charge in [0.25, 0.3) is 0 Å². The van der Waals surface area contributed by atoms with Gasteiger partial charge in [-0.05, 0) is 12.6 Å². The molecule has 1 heterocycles. The van der Waals surface area contributed by atoms with Gasteiger partial charge in [0.1, 0.15) is 0 Å². The SMILES string of the molecule is CNC1CN(C(F)(F)F)C(C=O)(c2ccccc2)S1. The average Bonchev–Trinajstić information content (AvgIpc) is 2.80. The highest BCUT2D eigenvalue weighted by Crippen LogP contribution is 2.50. The summed E-state index contributed by atoms with van der Waals surface area (Å²) in [4.78, 5) is 10.0. The van der Waals surface area contributed by atoms with E-state index >= 15 is 0 Å². The van der Waals surface area contributed by atoms with E-state index in [0.717, 1.165) is 11.8 Å². The average molecular weight is 290 g/mol. The summed E-state index contributed by atoms with van der Waals surface area (Å²) in [6.07, 6.45) is -4.19. The molecule has 0 bridgehead atoms. The minimum Gasteiger partial charge on any atom is -0.307 e. The smallest absolute Gasteiger partial charge is 0.307 e. The lowest BCUT2D eigenvalue weighted by Gasteiger charge is -2.33. The van der Waals surface area contributed by atoms with Crippen molar-refractivity contribution in [1.29, 1.82) is 0 Å². The predicted molar refractivity (Wildman–Crippen MR) is 67.4 cm³/mol. The first kappa shape index (κ1) is 14.4. The van der Waals surface area contributed by atoms with Crippen molar-refractivity contribution in [3.05, 3.63) is 35.9 Å². The third kappa shape index (κ3) is 2.50. The van der Waals surface area contributed by atoms with Crippen molar-refractivity contribution >= 4 is 18.0 Å².